The molecule has 92 heavy (non-hydrogen) atoms. The minimum atomic E-state index is -2.30. The van der Waals surface area contributed by atoms with Crippen molar-refractivity contribution in [2.45, 2.75) is 152 Å². The molecule has 0 spiro atoms. The number of hydrogen-bond acceptors (Lipinski definition) is 20. The Morgan fingerprint density at radius 2 is 0.696 bits per heavy atom. The monoisotopic (exact) mass is 1310 g/mol. The summed E-state index contributed by atoms with van der Waals surface area (Å²) in [6.07, 6.45) is -10.0. The molecule has 0 unspecified atom stereocenters. The van der Waals surface area contributed by atoms with Crippen molar-refractivity contribution in [2.75, 3.05) is 19.6 Å². The highest BCUT2D eigenvalue weighted by Crippen LogP contribution is 2.11. The summed E-state index contributed by atoms with van der Waals surface area (Å²) in [6.45, 7) is 0.813. The Kier molecular flexibility index (Phi) is 34.9. The van der Waals surface area contributed by atoms with Crippen molar-refractivity contribution in [2.24, 2.45) is 17.4 Å². The number of carbonyl (C=O) groups is 19. The summed E-state index contributed by atoms with van der Waals surface area (Å²) in [5.41, 5.74) is 11.1. The third-order valence-corrected chi connectivity index (χ3v) is 12.5. The SMILES string of the molecule is CC(C)C[C@H](NC(=O)[C@H](CC(=O)O)NC(=O)[C@H](Cc1ccccc1)NC(=O)[C@H](CC(=O)O)NC(=O)[C@H](CCC(N)=O)NC(=O)[C@H](CC(=O)O)NC(=O)[C@H](CCC(=O)O)NC(=O)[C@H](CCC(=O)O)NC(=O)CNC(=O)CNC(=O)CNC(=O)[C@@H](N)CCC(=O)O)C(=O)O. The molecule has 0 aliphatic heterocycles. The Morgan fingerprint density at radius 1 is 0.370 bits per heavy atom. The van der Waals surface area contributed by atoms with Crippen LogP contribution >= 0.6 is 0 Å². The number of primary amides is 1. The molecule has 9 atom stereocenters. The highest BCUT2D eigenvalue weighted by atomic mass is 16.4. The van der Waals surface area contributed by atoms with Gasteiger partial charge >= 0.3 is 41.8 Å². The number of carbonyl (C=O) groups excluding carboxylic acids is 12. The van der Waals surface area contributed by atoms with Gasteiger partial charge in [-0.05, 0) is 43.6 Å². The average molecular weight is 1310 g/mol. The summed E-state index contributed by atoms with van der Waals surface area (Å²) in [7, 11) is 0. The summed E-state index contributed by atoms with van der Waals surface area (Å²) in [6, 6.07) is -9.72. The van der Waals surface area contributed by atoms with Crippen LogP contribution in [-0.2, 0) is 97.5 Å². The first-order chi connectivity index (χ1) is 43.0. The molecule has 0 aliphatic rings. The summed E-state index contributed by atoms with van der Waals surface area (Å²) in [5.74, 6) is -26.5. The number of rotatable bonds is 45. The normalized spacial score (nSPS) is 13.7. The van der Waals surface area contributed by atoms with Crippen LogP contribution in [0.5, 0.6) is 0 Å². The van der Waals surface area contributed by atoms with Gasteiger partial charge in [0.1, 0.15) is 48.3 Å². The maximum absolute atomic E-state index is 14.0. The van der Waals surface area contributed by atoms with Crippen molar-refractivity contribution < 1.29 is 127 Å². The van der Waals surface area contributed by atoms with E-state index in [2.05, 4.69) is 42.5 Å². The number of carboxylic acid groups (broad SMARTS) is 7. The number of nitrogens with two attached hydrogens (primary N) is 2. The third-order valence-electron chi connectivity index (χ3n) is 12.5. The number of benzene rings is 1. The average Bonchev–Trinajstić information content (AvgIpc) is 0.960. The van der Waals surface area contributed by atoms with E-state index in [0.29, 0.717) is 5.56 Å². The van der Waals surface area contributed by atoms with E-state index < -0.39 is 257 Å². The smallest absolute Gasteiger partial charge is 0.326 e. The molecule has 1 rings (SSSR count). The predicted octanol–water partition coefficient (Wildman–Crippen LogP) is -7.80. The van der Waals surface area contributed by atoms with E-state index in [1.807, 2.05) is 16.0 Å². The number of nitrogens with one attached hydrogen (secondary N) is 11. The zero-order valence-corrected chi connectivity index (χ0v) is 49.5. The molecule has 39 nitrogen and oxygen atoms in total. The molecule has 0 saturated carbocycles. The number of hydrogen-bond donors (Lipinski definition) is 20. The predicted molar refractivity (Wildman–Crippen MR) is 305 cm³/mol. The highest BCUT2D eigenvalue weighted by Gasteiger charge is 2.37. The van der Waals surface area contributed by atoms with Crippen LogP contribution in [0.3, 0.4) is 0 Å². The lowest BCUT2D eigenvalue weighted by Gasteiger charge is -2.27. The first kappa shape index (κ1) is 79.1. The third kappa shape index (κ3) is 33.5. The van der Waals surface area contributed by atoms with E-state index >= 15 is 0 Å². The number of amides is 12. The Hall–Kier alpha value is -10.9. The quantitative estimate of drug-likeness (QED) is 0.0288. The second-order valence-electron chi connectivity index (χ2n) is 20.7. The maximum Gasteiger partial charge on any atom is 0.326 e. The molecule has 0 radical (unpaired) electrons. The van der Waals surface area contributed by atoms with Gasteiger partial charge in [-0.3, -0.25) is 86.3 Å². The maximum atomic E-state index is 14.0. The standard InChI is InChI=1S/C53H75N13O26/c1-24(2)16-34(53(91)92)66-52(90)33(20-44(81)82)65-49(87)30(17-25-6-4-3-5-7-25)62-51(89)32(19-43(79)80)64-47(85)28(9-12-35(55)67)61-50(88)31(18-42(77)78)63-48(86)29(11-15-41(75)76)60-46(84)27(10-14-40(73)74)59-38(70)23-57-36(68)21-56-37(69)22-58-45(83)26(54)8-13-39(71)72/h3-7,24,26-34H,8-23,54H2,1-2H3,(H2,55,67)(H,56,69)(H,57,68)(H,58,83)(H,59,70)(H,60,84)(H,61,88)(H,62,89)(H,63,86)(H,64,85)(H,65,87)(H,66,90)(H,71,72)(H,73,74)(H,75,76)(H,77,78)(H,79,80)(H,81,82)(H,91,92)/t26-,27-,28-,29-,30-,31-,32-,33-,34-/m0/s1. The molecule has 22 N–H and O–H groups in total. The zero-order valence-electron chi connectivity index (χ0n) is 49.5. The van der Waals surface area contributed by atoms with Crippen LogP contribution in [0.4, 0.5) is 0 Å². The van der Waals surface area contributed by atoms with Crippen molar-refractivity contribution in [3.63, 3.8) is 0 Å². The second kappa shape index (κ2) is 40.6. The van der Waals surface area contributed by atoms with E-state index in [1.54, 1.807) is 19.9 Å². The largest absolute Gasteiger partial charge is 0.481 e. The van der Waals surface area contributed by atoms with E-state index in [1.165, 1.54) is 24.3 Å². The fourth-order valence-electron chi connectivity index (χ4n) is 7.88. The zero-order chi connectivity index (χ0) is 69.9. The van der Waals surface area contributed by atoms with Gasteiger partial charge in [0.15, 0.2) is 0 Å². The van der Waals surface area contributed by atoms with E-state index in [9.17, 15) is 122 Å². The van der Waals surface area contributed by atoms with E-state index in [-0.39, 0.29) is 18.8 Å². The fourth-order valence-corrected chi connectivity index (χ4v) is 7.88. The van der Waals surface area contributed by atoms with Gasteiger partial charge in [0.25, 0.3) is 0 Å². The first-order valence-corrected chi connectivity index (χ1v) is 27.8. The molecular weight excluding hydrogens is 1230 g/mol. The van der Waals surface area contributed by atoms with Crippen molar-refractivity contribution >= 4 is 113 Å². The molecule has 0 aromatic heterocycles. The lowest BCUT2D eigenvalue weighted by molar-refractivity contribution is -0.144. The van der Waals surface area contributed by atoms with Crippen LogP contribution in [0, 0.1) is 5.92 Å². The van der Waals surface area contributed by atoms with Crippen LogP contribution in [0.2, 0.25) is 0 Å². The summed E-state index contributed by atoms with van der Waals surface area (Å²) < 4.78 is 0. The van der Waals surface area contributed by atoms with Crippen molar-refractivity contribution in [3.8, 4) is 0 Å². The Balaban J connectivity index is 3.49. The van der Waals surface area contributed by atoms with Crippen LogP contribution in [0.15, 0.2) is 30.3 Å². The lowest BCUT2D eigenvalue weighted by atomic mass is 10.0. The van der Waals surface area contributed by atoms with Gasteiger partial charge in [0.2, 0.25) is 70.9 Å². The van der Waals surface area contributed by atoms with Gasteiger partial charge < -0.3 is 106 Å². The second-order valence-corrected chi connectivity index (χ2v) is 20.7. The minimum Gasteiger partial charge on any atom is -0.481 e. The van der Waals surface area contributed by atoms with Gasteiger partial charge in [0.05, 0.1) is 44.9 Å². The molecule has 0 saturated heterocycles. The van der Waals surface area contributed by atoms with Crippen molar-refractivity contribution in [1.82, 2.24) is 58.5 Å². The highest BCUT2D eigenvalue weighted by molar-refractivity contribution is 6.00. The molecule has 1 aromatic rings. The van der Waals surface area contributed by atoms with Crippen LogP contribution in [0.1, 0.15) is 96.5 Å². The van der Waals surface area contributed by atoms with E-state index in [4.69, 9.17) is 16.6 Å². The molecule has 0 heterocycles. The molecule has 12 amide bonds. The van der Waals surface area contributed by atoms with Crippen molar-refractivity contribution in [3.05, 3.63) is 35.9 Å². The van der Waals surface area contributed by atoms with Gasteiger partial charge in [0, 0.05) is 32.1 Å². The molecule has 0 aliphatic carbocycles. The Labute approximate surface area is 521 Å². The Morgan fingerprint density at radius 3 is 1.08 bits per heavy atom. The fraction of sp³-hybridized carbons (Fsp3) is 0.528. The van der Waals surface area contributed by atoms with Crippen LogP contribution in [0.25, 0.3) is 0 Å². The molecule has 1 aromatic carbocycles. The van der Waals surface area contributed by atoms with Crippen LogP contribution in [-0.4, -0.2) is 222 Å². The molecule has 0 fully saturated rings. The van der Waals surface area contributed by atoms with Gasteiger partial charge in [-0.25, -0.2) is 4.79 Å². The molecule has 508 valence electrons. The molecule has 39 heteroatoms. The number of aliphatic carboxylic acids is 7. The summed E-state index contributed by atoms with van der Waals surface area (Å²) in [4.78, 5) is 240. The molecule has 0 bridgehead atoms. The van der Waals surface area contributed by atoms with Crippen molar-refractivity contribution in [1.29, 1.82) is 0 Å². The minimum absolute atomic E-state index is 0.120. The number of carboxylic acids is 7. The topological polar surface area (TPSA) is 650 Å². The molecular formula is C53H75N13O26. The lowest BCUT2D eigenvalue weighted by Crippen LogP contribution is -2.61. The van der Waals surface area contributed by atoms with E-state index in [0.717, 1.165) is 0 Å². The van der Waals surface area contributed by atoms with Gasteiger partial charge in [-0.2, -0.15) is 0 Å². The van der Waals surface area contributed by atoms with Gasteiger partial charge in [-0.15, -0.1) is 0 Å². The summed E-state index contributed by atoms with van der Waals surface area (Å²) in [5, 5.41) is 89.4. The van der Waals surface area contributed by atoms with Crippen LogP contribution < -0.4 is 70.0 Å². The Bertz CT molecular complexity index is 2890. The van der Waals surface area contributed by atoms with Gasteiger partial charge in [-0.1, -0.05) is 44.2 Å². The summed E-state index contributed by atoms with van der Waals surface area (Å²) >= 11 is 0. The first-order valence-electron chi connectivity index (χ1n) is 27.8.